The maximum Gasteiger partial charge on any atom is 0.454 e. The van der Waals surface area contributed by atoms with E-state index in [1.165, 1.54) is 30.3 Å². The monoisotopic (exact) mass is 284 g/mol. The molecular weight excluding hydrogens is 274 g/mol. The van der Waals surface area contributed by atoms with Crippen LogP contribution in [0.4, 0.5) is 26.3 Å². The zero-order valence-electron chi connectivity index (χ0n) is 9.55. The van der Waals surface area contributed by atoms with E-state index >= 15 is 0 Å². The molecule has 0 aromatic heterocycles. The Labute approximate surface area is 105 Å². The molecule has 7 heteroatoms. The third-order valence-electron chi connectivity index (χ3n) is 2.33. The molecule has 0 heterocycles. The van der Waals surface area contributed by atoms with Gasteiger partial charge >= 0.3 is 18.5 Å². The van der Waals surface area contributed by atoms with Crippen LogP contribution in [-0.2, 0) is 11.3 Å². The third-order valence-corrected chi connectivity index (χ3v) is 2.33. The molecular formula is C12H10F6O. The van der Waals surface area contributed by atoms with Gasteiger partial charge in [-0.3, -0.25) is 0 Å². The van der Waals surface area contributed by atoms with Crippen molar-refractivity contribution in [1.82, 2.24) is 0 Å². The number of hydrogen-bond donors (Lipinski definition) is 0. The molecule has 0 saturated heterocycles. The van der Waals surface area contributed by atoms with Gasteiger partial charge in [-0.15, -0.1) is 0 Å². The van der Waals surface area contributed by atoms with Gasteiger partial charge in [-0.25, -0.2) is 8.78 Å². The minimum absolute atomic E-state index is 0.137. The molecule has 0 amide bonds. The Morgan fingerprint density at radius 1 is 1.11 bits per heavy atom. The van der Waals surface area contributed by atoms with Crippen molar-refractivity contribution >= 4 is 6.08 Å². The standard InChI is InChI=1S/C12H10F6O/c1-2-8-3-5-9(6-4-8)7-19-11(15,10(13)14)12(16,17)18/h2-6,10H,1,7H2. The summed E-state index contributed by atoms with van der Waals surface area (Å²) >= 11 is 0. The van der Waals surface area contributed by atoms with Crippen LogP contribution in [0.5, 0.6) is 0 Å². The van der Waals surface area contributed by atoms with E-state index in [2.05, 4.69) is 11.3 Å². The van der Waals surface area contributed by atoms with Gasteiger partial charge in [0.25, 0.3) is 0 Å². The average molecular weight is 284 g/mol. The zero-order valence-corrected chi connectivity index (χ0v) is 9.55. The molecule has 1 unspecified atom stereocenters. The van der Waals surface area contributed by atoms with E-state index in [1.54, 1.807) is 0 Å². The van der Waals surface area contributed by atoms with E-state index in [0.717, 1.165) is 0 Å². The number of ether oxygens (including phenoxy) is 1. The van der Waals surface area contributed by atoms with E-state index < -0.39 is 25.1 Å². The molecule has 106 valence electrons. The second-order valence-electron chi connectivity index (χ2n) is 3.68. The molecule has 1 aromatic rings. The Morgan fingerprint density at radius 2 is 1.63 bits per heavy atom. The Morgan fingerprint density at radius 3 is 2.00 bits per heavy atom. The molecule has 0 aliphatic heterocycles. The van der Waals surface area contributed by atoms with Gasteiger partial charge in [0, 0.05) is 0 Å². The lowest BCUT2D eigenvalue weighted by Gasteiger charge is -2.26. The van der Waals surface area contributed by atoms with Gasteiger partial charge in [-0.05, 0) is 11.1 Å². The summed E-state index contributed by atoms with van der Waals surface area (Å²) in [6.07, 6.45) is -8.64. The molecule has 1 aromatic carbocycles. The van der Waals surface area contributed by atoms with E-state index in [9.17, 15) is 26.3 Å². The van der Waals surface area contributed by atoms with E-state index in [-0.39, 0.29) is 5.56 Å². The number of hydrogen-bond acceptors (Lipinski definition) is 1. The summed E-state index contributed by atoms with van der Waals surface area (Å²) in [5, 5.41) is 0. The van der Waals surface area contributed by atoms with Crippen LogP contribution in [0.15, 0.2) is 30.8 Å². The molecule has 1 rings (SSSR count). The molecule has 0 bridgehead atoms. The molecule has 0 aliphatic carbocycles. The summed E-state index contributed by atoms with van der Waals surface area (Å²) in [6.45, 7) is 2.54. The molecule has 0 aliphatic rings. The maximum atomic E-state index is 13.1. The highest BCUT2D eigenvalue weighted by Gasteiger charge is 2.64. The minimum Gasteiger partial charge on any atom is -0.330 e. The summed E-state index contributed by atoms with van der Waals surface area (Å²) in [5.74, 6) is -4.97. The first-order valence-electron chi connectivity index (χ1n) is 5.10. The molecule has 1 nitrogen and oxygen atoms in total. The van der Waals surface area contributed by atoms with Crippen LogP contribution in [0.2, 0.25) is 0 Å². The SMILES string of the molecule is C=Cc1ccc(COC(F)(C(F)F)C(F)(F)F)cc1. The van der Waals surface area contributed by atoms with Crippen LogP contribution in [0.3, 0.4) is 0 Å². The first kappa shape index (κ1) is 15.6. The molecule has 0 N–H and O–H groups in total. The van der Waals surface area contributed by atoms with Crippen LogP contribution in [-0.4, -0.2) is 18.5 Å². The third kappa shape index (κ3) is 3.50. The summed E-state index contributed by atoms with van der Waals surface area (Å²) in [5.41, 5.74) is 0.817. The fraction of sp³-hybridized carbons (Fsp3) is 0.333. The molecule has 0 saturated carbocycles. The lowest BCUT2D eigenvalue weighted by molar-refractivity contribution is -0.372. The van der Waals surface area contributed by atoms with Gasteiger partial charge in [-0.2, -0.15) is 17.6 Å². The van der Waals surface area contributed by atoms with Crippen molar-refractivity contribution in [3.05, 3.63) is 42.0 Å². The van der Waals surface area contributed by atoms with Gasteiger partial charge < -0.3 is 4.74 Å². The van der Waals surface area contributed by atoms with Crippen molar-refractivity contribution in [3.63, 3.8) is 0 Å². The number of halogens is 6. The van der Waals surface area contributed by atoms with Gasteiger partial charge in [0.05, 0.1) is 6.61 Å². The van der Waals surface area contributed by atoms with Gasteiger partial charge in [0.15, 0.2) is 0 Å². The van der Waals surface area contributed by atoms with Crippen molar-refractivity contribution < 1.29 is 31.1 Å². The predicted molar refractivity (Wildman–Crippen MR) is 57.2 cm³/mol. The van der Waals surface area contributed by atoms with E-state index in [1.807, 2.05) is 0 Å². The second-order valence-corrected chi connectivity index (χ2v) is 3.68. The summed E-state index contributed by atoms with van der Waals surface area (Å²) in [6, 6.07) is 5.64. The highest BCUT2D eigenvalue weighted by Crippen LogP contribution is 2.40. The van der Waals surface area contributed by atoms with Crippen molar-refractivity contribution in [2.24, 2.45) is 0 Å². The Kier molecular flexibility index (Phi) is 4.62. The van der Waals surface area contributed by atoms with E-state index in [4.69, 9.17) is 0 Å². The van der Waals surface area contributed by atoms with Crippen LogP contribution in [0.25, 0.3) is 6.08 Å². The van der Waals surface area contributed by atoms with Gasteiger partial charge in [0.2, 0.25) is 0 Å². The second kappa shape index (κ2) is 5.64. The summed E-state index contributed by atoms with van der Waals surface area (Å²) in [4.78, 5) is 0. The molecule has 0 fully saturated rings. The van der Waals surface area contributed by atoms with Crippen LogP contribution in [0.1, 0.15) is 11.1 Å². The molecule has 1 atom stereocenters. The van der Waals surface area contributed by atoms with Crippen LogP contribution in [0, 0.1) is 0 Å². The topological polar surface area (TPSA) is 9.23 Å². The Hall–Kier alpha value is -1.50. The smallest absolute Gasteiger partial charge is 0.330 e. The predicted octanol–water partition coefficient (Wildman–Crippen LogP) is 4.34. The fourth-order valence-electron chi connectivity index (χ4n) is 1.21. The lowest BCUT2D eigenvalue weighted by Crippen LogP contribution is -2.49. The minimum atomic E-state index is -5.80. The van der Waals surface area contributed by atoms with E-state index in [0.29, 0.717) is 5.56 Å². The lowest BCUT2D eigenvalue weighted by atomic mass is 10.1. The average Bonchev–Trinajstić information content (AvgIpc) is 2.34. The highest BCUT2D eigenvalue weighted by molar-refractivity contribution is 5.47. The molecule has 0 radical (unpaired) electrons. The number of alkyl halides is 6. The fourth-order valence-corrected chi connectivity index (χ4v) is 1.21. The normalized spacial score (nSPS) is 15.3. The van der Waals surface area contributed by atoms with Crippen LogP contribution < -0.4 is 0 Å². The van der Waals surface area contributed by atoms with Crippen molar-refractivity contribution in [2.75, 3.05) is 0 Å². The van der Waals surface area contributed by atoms with Crippen molar-refractivity contribution in [3.8, 4) is 0 Å². The van der Waals surface area contributed by atoms with Gasteiger partial charge in [-0.1, -0.05) is 36.9 Å². The summed E-state index contributed by atoms with van der Waals surface area (Å²) < 4.78 is 77.8. The largest absolute Gasteiger partial charge is 0.454 e. The van der Waals surface area contributed by atoms with Crippen molar-refractivity contribution in [1.29, 1.82) is 0 Å². The quantitative estimate of drug-likeness (QED) is 0.731. The Bertz CT molecular complexity index is 425. The van der Waals surface area contributed by atoms with Crippen LogP contribution >= 0.6 is 0 Å². The number of benzene rings is 1. The molecule has 0 spiro atoms. The zero-order chi connectivity index (χ0) is 14.7. The molecule has 19 heavy (non-hydrogen) atoms. The highest BCUT2D eigenvalue weighted by atomic mass is 19.4. The number of rotatable bonds is 5. The summed E-state index contributed by atoms with van der Waals surface area (Å²) in [7, 11) is 0. The van der Waals surface area contributed by atoms with Gasteiger partial charge in [0.1, 0.15) is 0 Å². The Balaban J connectivity index is 2.79. The first-order valence-corrected chi connectivity index (χ1v) is 5.10. The van der Waals surface area contributed by atoms with Crippen molar-refractivity contribution in [2.45, 2.75) is 25.1 Å². The maximum absolute atomic E-state index is 13.1. The first-order chi connectivity index (χ1) is 8.70.